The molecule has 0 atom stereocenters. The van der Waals surface area contributed by atoms with Gasteiger partial charge in [-0.3, -0.25) is 4.79 Å². The zero-order valence-electron chi connectivity index (χ0n) is 16.4. The number of carbonyl (C=O) groups excluding carboxylic acids is 1. The maximum atomic E-state index is 12.5. The van der Waals surface area contributed by atoms with E-state index < -0.39 is 5.60 Å². The monoisotopic (exact) mass is 359 g/mol. The van der Waals surface area contributed by atoms with E-state index in [4.69, 9.17) is 4.98 Å². The topological polar surface area (TPSA) is 50.2 Å². The molecule has 3 heteroatoms. The summed E-state index contributed by atoms with van der Waals surface area (Å²) < 4.78 is 0. The lowest BCUT2D eigenvalue weighted by Gasteiger charge is -2.14. The number of hydrogen-bond donors (Lipinski definition) is 1. The number of hydrogen-bond acceptors (Lipinski definition) is 3. The molecule has 3 nitrogen and oxygen atoms in total. The molecule has 1 spiro atoms. The number of fused-ring (bicyclic) bond motifs is 2. The van der Waals surface area contributed by atoms with E-state index in [1.807, 2.05) is 12.1 Å². The standard InChI is InChI=1S/C24H25NO2/c1-15(2)22-18(7-6-17(25-22)9-10-23(3,4)27)16-5-8-20-19(13-16)21(26)14-24(20)11-12-24/h5-8,13,15,27H,11-12,14H2,1-4H3. The SMILES string of the molecule is CC(C)c1nc(C#CC(C)(C)O)ccc1-c1ccc2c(c1)C(=O)CC21CC1. The normalized spacial score (nSPS) is 17.0. The number of rotatable bonds is 2. The molecule has 1 N–H and O–H groups in total. The van der Waals surface area contributed by atoms with Crippen LogP contribution in [0.2, 0.25) is 0 Å². The lowest BCUT2D eigenvalue weighted by molar-refractivity contribution is 0.0986. The summed E-state index contributed by atoms with van der Waals surface area (Å²) in [6, 6.07) is 10.2. The first-order chi connectivity index (χ1) is 12.7. The van der Waals surface area contributed by atoms with Crippen molar-refractivity contribution in [2.24, 2.45) is 0 Å². The highest BCUT2D eigenvalue weighted by atomic mass is 16.3. The zero-order valence-corrected chi connectivity index (χ0v) is 16.4. The number of carbonyl (C=O) groups is 1. The van der Waals surface area contributed by atoms with E-state index in [0.29, 0.717) is 12.1 Å². The Hall–Kier alpha value is -2.44. The number of benzene rings is 1. The predicted molar refractivity (Wildman–Crippen MR) is 107 cm³/mol. The summed E-state index contributed by atoms with van der Waals surface area (Å²) in [5.41, 5.74) is 4.94. The molecule has 138 valence electrons. The molecule has 1 heterocycles. The Bertz CT molecular complexity index is 995. The second-order valence-corrected chi connectivity index (χ2v) is 8.73. The van der Waals surface area contributed by atoms with Crippen LogP contribution in [0.5, 0.6) is 0 Å². The molecule has 1 fully saturated rings. The van der Waals surface area contributed by atoms with Crippen LogP contribution < -0.4 is 0 Å². The Morgan fingerprint density at radius 1 is 1.15 bits per heavy atom. The quantitative estimate of drug-likeness (QED) is 0.797. The van der Waals surface area contributed by atoms with Crippen LogP contribution in [0.25, 0.3) is 11.1 Å². The Balaban J connectivity index is 1.77. The van der Waals surface area contributed by atoms with Gasteiger partial charge in [-0.25, -0.2) is 4.98 Å². The molecule has 2 aliphatic rings. The average Bonchev–Trinajstić information content (AvgIpc) is 3.33. The maximum Gasteiger partial charge on any atom is 0.164 e. The molecular weight excluding hydrogens is 334 g/mol. The van der Waals surface area contributed by atoms with Crippen molar-refractivity contribution in [3.8, 4) is 23.0 Å². The van der Waals surface area contributed by atoms with Crippen molar-refractivity contribution in [3.63, 3.8) is 0 Å². The van der Waals surface area contributed by atoms with Gasteiger partial charge < -0.3 is 5.11 Å². The molecular formula is C24H25NO2. The predicted octanol–water partition coefficient (Wildman–Crippen LogP) is 4.61. The molecule has 1 aromatic carbocycles. The first-order valence-corrected chi connectivity index (χ1v) is 9.63. The third-order valence-electron chi connectivity index (χ3n) is 5.52. The fraction of sp³-hybridized carbons (Fsp3) is 0.417. The van der Waals surface area contributed by atoms with Gasteiger partial charge >= 0.3 is 0 Å². The van der Waals surface area contributed by atoms with Crippen LogP contribution in [0.1, 0.15) is 80.2 Å². The fourth-order valence-corrected chi connectivity index (χ4v) is 3.95. The highest BCUT2D eigenvalue weighted by Crippen LogP contribution is 2.57. The molecule has 2 aromatic rings. The van der Waals surface area contributed by atoms with Gasteiger partial charge in [0.05, 0.1) is 5.69 Å². The average molecular weight is 359 g/mol. The fourth-order valence-electron chi connectivity index (χ4n) is 3.95. The Morgan fingerprint density at radius 3 is 2.52 bits per heavy atom. The minimum Gasteiger partial charge on any atom is -0.378 e. The first-order valence-electron chi connectivity index (χ1n) is 9.63. The molecule has 1 aromatic heterocycles. The lowest BCUT2D eigenvalue weighted by Crippen LogP contribution is -2.14. The highest BCUT2D eigenvalue weighted by molar-refractivity contribution is 6.04. The Kier molecular flexibility index (Phi) is 4.01. The molecule has 2 aliphatic carbocycles. The van der Waals surface area contributed by atoms with Gasteiger partial charge in [-0.15, -0.1) is 0 Å². The molecule has 0 aliphatic heterocycles. The molecule has 0 saturated heterocycles. The van der Waals surface area contributed by atoms with Crippen LogP contribution in [0, 0.1) is 11.8 Å². The Morgan fingerprint density at radius 2 is 1.89 bits per heavy atom. The van der Waals surface area contributed by atoms with Crippen LogP contribution in [0.4, 0.5) is 0 Å². The molecule has 27 heavy (non-hydrogen) atoms. The van der Waals surface area contributed by atoms with E-state index >= 15 is 0 Å². The van der Waals surface area contributed by atoms with Gasteiger partial charge in [-0.1, -0.05) is 31.9 Å². The first kappa shape index (κ1) is 17.9. The zero-order chi connectivity index (χ0) is 19.4. The molecule has 1 saturated carbocycles. The third-order valence-corrected chi connectivity index (χ3v) is 5.52. The minimum atomic E-state index is -1.04. The number of aliphatic hydroxyl groups is 1. The van der Waals surface area contributed by atoms with Crippen LogP contribution in [-0.4, -0.2) is 21.5 Å². The van der Waals surface area contributed by atoms with Crippen molar-refractivity contribution in [1.82, 2.24) is 4.98 Å². The second-order valence-electron chi connectivity index (χ2n) is 8.73. The molecule has 0 amide bonds. The van der Waals surface area contributed by atoms with Crippen LogP contribution in [-0.2, 0) is 5.41 Å². The van der Waals surface area contributed by atoms with Gasteiger partial charge in [0.15, 0.2) is 5.78 Å². The summed E-state index contributed by atoms with van der Waals surface area (Å²) >= 11 is 0. The van der Waals surface area contributed by atoms with Gasteiger partial charge in [-0.05, 0) is 67.9 Å². The third kappa shape index (κ3) is 3.31. The molecule has 0 unspecified atom stereocenters. The van der Waals surface area contributed by atoms with E-state index in [9.17, 15) is 9.90 Å². The summed E-state index contributed by atoms with van der Waals surface area (Å²) in [7, 11) is 0. The highest BCUT2D eigenvalue weighted by Gasteiger charge is 2.51. The van der Waals surface area contributed by atoms with Gasteiger partial charge in [0.2, 0.25) is 0 Å². The molecule has 0 radical (unpaired) electrons. The maximum absolute atomic E-state index is 12.5. The molecule has 0 bridgehead atoms. The number of Topliss-reactive ketones (excluding diaryl/α,β-unsaturated/α-hetero) is 1. The van der Waals surface area contributed by atoms with Crippen molar-refractivity contribution in [3.05, 3.63) is 52.8 Å². The summed E-state index contributed by atoms with van der Waals surface area (Å²) in [5.74, 6) is 6.28. The molecule has 4 rings (SSSR count). The smallest absolute Gasteiger partial charge is 0.164 e. The number of pyridine rings is 1. The second kappa shape index (κ2) is 6.04. The van der Waals surface area contributed by atoms with E-state index in [2.05, 4.69) is 43.9 Å². The lowest BCUT2D eigenvalue weighted by atomic mass is 9.92. The van der Waals surface area contributed by atoms with Crippen molar-refractivity contribution in [2.45, 2.75) is 63.9 Å². The number of nitrogens with zero attached hydrogens (tertiary/aromatic N) is 1. The summed E-state index contributed by atoms with van der Waals surface area (Å²) in [6.45, 7) is 7.53. The van der Waals surface area contributed by atoms with Crippen LogP contribution in [0.3, 0.4) is 0 Å². The van der Waals surface area contributed by atoms with Crippen LogP contribution in [0.15, 0.2) is 30.3 Å². The number of ketones is 1. The van der Waals surface area contributed by atoms with Crippen molar-refractivity contribution < 1.29 is 9.90 Å². The summed E-state index contributed by atoms with van der Waals surface area (Å²) in [5, 5.41) is 9.82. The van der Waals surface area contributed by atoms with Gasteiger partial charge in [0, 0.05) is 23.0 Å². The van der Waals surface area contributed by atoms with Gasteiger partial charge in [-0.2, -0.15) is 0 Å². The van der Waals surface area contributed by atoms with Crippen LogP contribution >= 0.6 is 0 Å². The van der Waals surface area contributed by atoms with E-state index in [0.717, 1.165) is 35.2 Å². The summed E-state index contributed by atoms with van der Waals surface area (Å²) in [6.07, 6.45) is 2.95. The largest absolute Gasteiger partial charge is 0.378 e. The van der Waals surface area contributed by atoms with Crippen molar-refractivity contribution in [1.29, 1.82) is 0 Å². The Labute approximate surface area is 160 Å². The minimum absolute atomic E-state index is 0.153. The van der Waals surface area contributed by atoms with Gasteiger partial charge in [0.25, 0.3) is 0 Å². The van der Waals surface area contributed by atoms with E-state index in [1.165, 1.54) is 5.56 Å². The van der Waals surface area contributed by atoms with E-state index in [1.54, 1.807) is 13.8 Å². The number of aromatic nitrogens is 1. The van der Waals surface area contributed by atoms with Gasteiger partial charge in [0.1, 0.15) is 11.3 Å². The van der Waals surface area contributed by atoms with Crippen molar-refractivity contribution >= 4 is 5.78 Å². The summed E-state index contributed by atoms with van der Waals surface area (Å²) in [4.78, 5) is 17.2. The van der Waals surface area contributed by atoms with Crippen molar-refractivity contribution in [2.75, 3.05) is 0 Å². The van der Waals surface area contributed by atoms with E-state index in [-0.39, 0.29) is 17.1 Å².